The molecule has 0 amide bonds. The van der Waals surface area contributed by atoms with E-state index < -0.39 is 0 Å². The minimum absolute atomic E-state index is 0.984. The largest absolute Gasteiger partial charge is 0.232 e. The fourth-order valence-electron chi connectivity index (χ4n) is 3.54. The van der Waals surface area contributed by atoms with Crippen LogP contribution in [0.5, 0.6) is 0 Å². The van der Waals surface area contributed by atoms with E-state index in [0.29, 0.717) is 0 Å². The van der Waals surface area contributed by atoms with E-state index in [1.165, 1.54) is 11.1 Å². The van der Waals surface area contributed by atoms with E-state index in [1.807, 2.05) is 41.1 Å². The molecule has 134 valence electrons. The minimum Gasteiger partial charge on any atom is -0.232 e. The second-order valence-corrected chi connectivity index (χ2v) is 7.62. The first kappa shape index (κ1) is 17.0. The van der Waals surface area contributed by atoms with Crippen molar-refractivity contribution in [2.45, 2.75) is 0 Å². The first-order chi connectivity index (χ1) is 13.8. The summed E-state index contributed by atoms with van der Waals surface area (Å²) in [5, 5.41) is 6.14. The molecule has 0 N–H and O–H groups in total. The summed E-state index contributed by atoms with van der Waals surface area (Å²) >= 11 is 3.59. The molecule has 0 unspecified atom stereocenters. The average molecular weight is 425 g/mol. The maximum absolute atomic E-state index is 5.00. The Balaban J connectivity index is 1.79. The third-order valence-corrected chi connectivity index (χ3v) is 5.38. The minimum atomic E-state index is 0.984. The highest BCUT2D eigenvalue weighted by atomic mass is 79.9. The van der Waals surface area contributed by atoms with E-state index in [4.69, 9.17) is 5.10 Å². The van der Waals surface area contributed by atoms with E-state index in [2.05, 4.69) is 82.7 Å². The molecule has 0 radical (unpaired) electrons. The number of hydrogen-bond acceptors (Lipinski definition) is 1. The van der Waals surface area contributed by atoms with Crippen molar-refractivity contribution >= 4 is 26.8 Å². The number of aromatic nitrogens is 2. The summed E-state index contributed by atoms with van der Waals surface area (Å²) in [4.78, 5) is 0. The Morgan fingerprint density at radius 2 is 1.32 bits per heavy atom. The molecule has 0 spiro atoms. The molecule has 5 rings (SSSR count). The number of fused-ring (bicyclic) bond motifs is 1. The predicted molar refractivity (Wildman–Crippen MR) is 120 cm³/mol. The summed E-state index contributed by atoms with van der Waals surface area (Å²) in [5.74, 6) is 0. The van der Waals surface area contributed by atoms with Crippen LogP contribution in [0.1, 0.15) is 0 Å². The molecule has 0 aliphatic carbocycles. The molecule has 1 aromatic heterocycles. The maximum Gasteiger partial charge on any atom is 0.101 e. The van der Waals surface area contributed by atoms with Gasteiger partial charge in [-0.2, -0.15) is 5.10 Å². The van der Waals surface area contributed by atoms with Gasteiger partial charge in [0.2, 0.25) is 0 Å². The molecule has 0 saturated carbocycles. The lowest BCUT2D eigenvalue weighted by molar-refractivity contribution is 0.915. The van der Waals surface area contributed by atoms with Gasteiger partial charge in [0, 0.05) is 15.4 Å². The molecule has 0 bridgehead atoms. The lowest BCUT2D eigenvalue weighted by Gasteiger charge is -2.05. The van der Waals surface area contributed by atoms with Gasteiger partial charge in [-0.25, -0.2) is 4.68 Å². The number of nitrogens with zero attached hydrogens (tertiary/aromatic N) is 2. The first-order valence-corrected chi connectivity index (χ1v) is 9.98. The van der Waals surface area contributed by atoms with Crippen molar-refractivity contribution in [3.63, 3.8) is 0 Å². The highest BCUT2D eigenvalue weighted by Gasteiger charge is 2.15. The van der Waals surface area contributed by atoms with Crippen LogP contribution in [0.25, 0.3) is 39.0 Å². The molecular formula is C25H17BrN2. The van der Waals surface area contributed by atoms with E-state index in [-0.39, 0.29) is 0 Å². The standard InChI is InChI=1S/C25H17BrN2/c26-21-11-7-10-20(16-21)25-23-17-19(18-8-3-1-4-9-18)14-15-24(23)28(27-25)22-12-5-2-6-13-22/h1-17H. The Bertz CT molecular complexity index is 1260. The molecule has 0 fully saturated rings. The zero-order valence-electron chi connectivity index (χ0n) is 15.1. The molecule has 28 heavy (non-hydrogen) atoms. The zero-order chi connectivity index (χ0) is 18.9. The Morgan fingerprint density at radius 3 is 2.07 bits per heavy atom. The monoisotopic (exact) mass is 424 g/mol. The molecule has 2 nitrogen and oxygen atoms in total. The summed E-state index contributed by atoms with van der Waals surface area (Å²) < 4.78 is 3.08. The number of benzene rings is 4. The van der Waals surface area contributed by atoms with Crippen LogP contribution >= 0.6 is 15.9 Å². The van der Waals surface area contributed by atoms with Crippen LogP contribution in [0.2, 0.25) is 0 Å². The quantitative estimate of drug-likeness (QED) is 0.301. The molecule has 5 aromatic rings. The molecule has 1 heterocycles. The average Bonchev–Trinajstić information content (AvgIpc) is 3.14. The van der Waals surface area contributed by atoms with Crippen LogP contribution in [-0.4, -0.2) is 9.78 Å². The van der Waals surface area contributed by atoms with Crippen LogP contribution in [0.3, 0.4) is 0 Å². The van der Waals surface area contributed by atoms with Crippen molar-refractivity contribution in [2.75, 3.05) is 0 Å². The van der Waals surface area contributed by atoms with Gasteiger partial charge in [-0.15, -0.1) is 0 Å². The second kappa shape index (κ2) is 7.10. The summed E-state index contributed by atoms with van der Waals surface area (Å²) in [7, 11) is 0. The van der Waals surface area contributed by atoms with Crippen molar-refractivity contribution in [1.82, 2.24) is 9.78 Å². The first-order valence-electron chi connectivity index (χ1n) is 9.19. The third kappa shape index (κ3) is 3.04. The number of halogens is 1. The van der Waals surface area contributed by atoms with E-state index in [0.717, 1.165) is 32.3 Å². The maximum atomic E-state index is 5.00. The van der Waals surface area contributed by atoms with Gasteiger partial charge in [-0.1, -0.05) is 82.7 Å². The van der Waals surface area contributed by atoms with Crippen molar-refractivity contribution in [3.8, 4) is 28.1 Å². The predicted octanol–water partition coefficient (Wildman–Crippen LogP) is 7.12. The van der Waals surface area contributed by atoms with Crippen molar-refractivity contribution in [3.05, 3.63) is 108 Å². The van der Waals surface area contributed by atoms with Gasteiger partial charge in [0.1, 0.15) is 5.69 Å². The van der Waals surface area contributed by atoms with Gasteiger partial charge in [0.15, 0.2) is 0 Å². The molecule has 0 saturated heterocycles. The highest BCUT2D eigenvalue weighted by molar-refractivity contribution is 9.10. The van der Waals surface area contributed by atoms with Gasteiger partial charge in [-0.3, -0.25) is 0 Å². The number of rotatable bonds is 3. The fourth-order valence-corrected chi connectivity index (χ4v) is 3.94. The summed E-state index contributed by atoms with van der Waals surface area (Å²) in [5.41, 5.74) is 6.63. The Hall–Kier alpha value is -3.17. The van der Waals surface area contributed by atoms with E-state index in [9.17, 15) is 0 Å². The Labute approximate surface area is 172 Å². The number of hydrogen-bond donors (Lipinski definition) is 0. The fraction of sp³-hybridized carbons (Fsp3) is 0. The van der Waals surface area contributed by atoms with Crippen molar-refractivity contribution in [2.24, 2.45) is 0 Å². The van der Waals surface area contributed by atoms with Gasteiger partial charge >= 0.3 is 0 Å². The number of para-hydroxylation sites is 1. The van der Waals surface area contributed by atoms with Crippen molar-refractivity contribution < 1.29 is 0 Å². The van der Waals surface area contributed by atoms with Crippen LogP contribution < -0.4 is 0 Å². The molecular weight excluding hydrogens is 408 g/mol. The Kier molecular flexibility index (Phi) is 4.30. The SMILES string of the molecule is Brc1cccc(-c2nn(-c3ccccc3)c3ccc(-c4ccccc4)cc23)c1. The lowest BCUT2D eigenvalue weighted by Crippen LogP contribution is -1.95. The topological polar surface area (TPSA) is 17.8 Å². The molecule has 0 aliphatic heterocycles. The zero-order valence-corrected chi connectivity index (χ0v) is 16.7. The highest BCUT2D eigenvalue weighted by Crippen LogP contribution is 2.34. The summed E-state index contributed by atoms with van der Waals surface area (Å²) in [6.45, 7) is 0. The van der Waals surface area contributed by atoms with E-state index in [1.54, 1.807) is 0 Å². The van der Waals surface area contributed by atoms with Gasteiger partial charge < -0.3 is 0 Å². The van der Waals surface area contributed by atoms with Crippen molar-refractivity contribution in [1.29, 1.82) is 0 Å². The third-order valence-electron chi connectivity index (χ3n) is 4.89. The molecule has 3 heteroatoms. The van der Waals surface area contributed by atoms with Crippen LogP contribution in [-0.2, 0) is 0 Å². The van der Waals surface area contributed by atoms with Crippen LogP contribution in [0.4, 0.5) is 0 Å². The van der Waals surface area contributed by atoms with Gasteiger partial charge in [-0.05, 0) is 47.5 Å². The van der Waals surface area contributed by atoms with Crippen LogP contribution in [0, 0.1) is 0 Å². The molecule has 0 atom stereocenters. The summed E-state index contributed by atoms with van der Waals surface area (Å²) in [6.07, 6.45) is 0. The lowest BCUT2D eigenvalue weighted by atomic mass is 10.0. The van der Waals surface area contributed by atoms with E-state index >= 15 is 0 Å². The smallest absolute Gasteiger partial charge is 0.101 e. The Morgan fingerprint density at radius 1 is 0.607 bits per heavy atom. The van der Waals surface area contributed by atoms with Gasteiger partial charge in [0.25, 0.3) is 0 Å². The van der Waals surface area contributed by atoms with Gasteiger partial charge in [0.05, 0.1) is 11.2 Å². The second-order valence-electron chi connectivity index (χ2n) is 6.70. The van der Waals surface area contributed by atoms with Crippen LogP contribution in [0.15, 0.2) is 108 Å². The summed E-state index contributed by atoms with van der Waals surface area (Å²) in [6, 6.07) is 35.6. The molecule has 4 aromatic carbocycles. The normalized spacial score (nSPS) is 11.0. The molecule has 0 aliphatic rings.